The number of anilines is 1. The van der Waals surface area contributed by atoms with Gasteiger partial charge in [-0.2, -0.15) is 10.4 Å². The second-order valence-corrected chi connectivity index (χ2v) is 9.26. The molecule has 2 N–H and O–H groups in total. The van der Waals surface area contributed by atoms with E-state index in [0.717, 1.165) is 40.3 Å². The number of aromatic nitrogens is 4. The summed E-state index contributed by atoms with van der Waals surface area (Å²) in [5.41, 5.74) is 4.05. The molecule has 36 heavy (non-hydrogen) atoms. The number of fused-ring (bicyclic) bond motifs is 1. The van der Waals surface area contributed by atoms with Crippen molar-refractivity contribution < 1.29 is 14.3 Å². The van der Waals surface area contributed by atoms with Crippen molar-refractivity contribution in [1.29, 1.82) is 5.26 Å². The fourth-order valence-electron chi connectivity index (χ4n) is 4.27. The Balaban J connectivity index is 1.45. The van der Waals surface area contributed by atoms with Gasteiger partial charge in [0.15, 0.2) is 0 Å². The molecule has 5 rings (SSSR count). The summed E-state index contributed by atoms with van der Waals surface area (Å²) in [5, 5.41) is 20.5. The first kappa shape index (κ1) is 23.4. The third-order valence-electron chi connectivity index (χ3n) is 6.11. The standard InChI is InChI=1S/C27H28N6O3/c1-17(2)36-27(34)31-20-7-5-19(6-8-20)26-23(14-28)22-10-9-21(35-12-11-25-29-16-30-32-25)13-24(22)33(26)15-18-3-4-18/h5-10,13,16-18H,3-4,11-12,15H2,1-2H3,(H,31,34)(H,29,30,32). The van der Waals surface area contributed by atoms with E-state index in [4.69, 9.17) is 9.47 Å². The zero-order chi connectivity index (χ0) is 25.1. The number of aromatic amines is 1. The van der Waals surface area contributed by atoms with Gasteiger partial charge in [-0.25, -0.2) is 9.78 Å². The number of ether oxygens (including phenoxy) is 2. The summed E-state index contributed by atoms with van der Waals surface area (Å²) < 4.78 is 13.4. The average molecular weight is 485 g/mol. The van der Waals surface area contributed by atoms with Crippen molar-refractivity contribution in [2.24, 2.45) is 5.92 Å². The summed E-state index contributed by atoms with van der Waals surface area (Å²) in [5.74, 6) is 2.13. The Morgan fingerprint density at radius 2 is 2.06 bits per heavy atom. The lowest BCUT2D eigenvalue weighted by Crippen LogP contribution is -2.17. The lowest BCUT2D eigenvalue weighted by Gasteiger charge is -2.13. The summed E-state index contributed by atoms with van der Waals surface area (Å²) >= 11 is 0. The minimum absolute atomic E-state index is 0.198. The van der Waals surface area contributed by atoms with Gasteiger partial charge in [-0.1, -0.05) is 12.1 Å². The van der Waals surface area contributed by atoms with Crippen LogP contribution >= 0.6 is 0 Å². The van der Waals surface area contributed by atoms with Gasteiger partial charge < -0.3 is 14.0 Å². The van der Waals surface area contributed by atoms with Gasteiger partial charge in [0, 0.05) is 30.1 Å². The van der Waals surface area contributed by atoms with E-state index in [2.05, 4.69) is 31.1 Å². The third kappa shape index (κ3) is 5.18. The maximum Gasteiger partial charge on any atom is 0.411 e. The number of rotatable bonds is 9. The molecule has 9 nitrogen and oxygen atoms in total. The first-order valence-corrected chi connectivity index (χ1v) is 12.1. The maximum atomic E-state index is 12.0. The van der Waals surface area contributed by atoms with Crippen LogP contribution in [0.4, 0.5) is 10.5 Å². The van der Waals surface area contributed by atoms with Crippen LogP contribution in [0.2, 0.25) is 0 Å². The minimum Gasteiger partial charge on any atom is -0.493 e. The number of H-pyrrole nitrogens is 1. The SMILES string of the molecule is CC(C)OC(=O)Nc1ccc(-c2c(C#N)c3ccc(OCCc4ncn[nH]4)cc3n2CC2CC2)cc1. The molecule has 0 bridgehead atoms. The highest BCUT2D eigenvalue weighted by Gasteiger charge is 2.26. The predicted molar refractivity (Wildman–Crippen MR) is 136 cm³/mol. The molecule has 0 atom stereocenters. The van der Waals surface area contributed by atoms with E-state index in [1.54, 1.807) is 13.8 Å². The van der Waals surface area contributed by atoms with Gasteiger partial charge in [-0.15, -0.1) is 0 Å². The molecule has 0 radical (unpaired) electrons. The van der Waals surface area contributed by atoms with E-state index in [-0.39, 0.29) is 6.10 Å². The van der Waals surface area contributed by atoms with E-state index in [9.17, 15) is 10.1 Å². The zero-order valence-corrected chi connectivity index (χ0v) is 20.3. The lowest BCUT2D eigenvalue weighted by molar-refractivity contribution is 0.130. The van der Waals surface area contributed by atoms with Gasteiger partial charge >= 0.3 is 6.09 Å². The highest BCUT2D eigenvalue weighted by molar-refractivity contribution is 5.95. The van der Waals surface area contributed by atoms with Crippen molar-refractivity contribution in [1.82, 2.24) is 19.7 Å². The molecule has 1 aliphatic rings. The highest BCUT2D eigenvalue weighted by atomic mass is 16.6. The number of hydrogen-bond donors (Lipinski definition) is 2. The van der Waals surface area contributed by atoms with Gasteiger partial charge in [0.2, 0.25) is 0 Å². The first-order valence-electron chi connectivity index (χ1n) is 12.1. The Labute approximate surface area is 209 Å². The quantitative estimate of drug-likeness (QED) is 0.333. The van der Waals surface area contributed by atoms with Crippen LogP contribution in [-0.4, -0.2) is 38.6 Å². The number of carbonyl (C=O) groups excluding carboxylic acids is 1. The number of nitrogens with one attached hydrogen (secondary N) is 2. The van der Waals surface area contributed by atoms with Crippen LogP contribution in [0.1, 0.15) is 38.1 Å². The topological polar surface area (TPSA) is 118 Å². The predicted octanol–water partition coefficient (Wildman–Crippen LogP) is 5.29. The number of amides is 1. The summed E-state index contributed by atoms with van der Waals surface area (Å²) in [4.78, 5) is 16.1. The molecular weight excluding hydrogens is 456 g/mol. The molecule has 0 saturated heterocycles. The van der Waals surface area contributed by atoms with Gasteiger partial charge in [-0.3, -0.25) is 10.4 Å². The summed E-state index contributed by atoms with van der Waals surface area (Å²) in [7, 11) is 0. The van der Waals surface area contributed by atoms with Crippen LogP contribution in [0, 0.1) is 17.2 Å². The van der Waals surface area contributed by atoms with Crippen LogP contribution in [0.25, 0.3) is 22.2 Å². The number of carbonyl (C=O) groups is 1. The molecule has 0 spiro atoms. The Bertz CT molecular complexity index is 1400. The van der Waals surface area contributed by atoms with Gasteiger partial charge in [-0.05, 0) is 62.4 Å². The largest absolute Gasteiger partial charge is 0.493 e. The Kier molecular flexibility index (Phi) is 6.58. The Morgan fingerprint density at radius 1 is 1.25 bits per heavy atom. The maximum absolute atomic E-state index is 12.0. The van der Waals surface area contributed by atoms with Crippen molar-refractivity contribution in [3.05, 3.63) is 60.2 Å². The zero-order valence-electron chi connectivity index (χ0n) is 20.3. The van der Waals surface area contributed by atoms with Crippen molar-refractivity contribution in [2.45, 2.75) is 45.8 Å². The van der Waals surface area contributed by atoms with E-state index >= 15 is 0 Å². The Hall–Kier alpha value is -4.32. The lowest BCUT2D eigenvalue weighted by atomic mass is 10.1. The average Bonchev–Trinajstić information content (AvgIpc) is 3.42. The molecule has 2 aromatic carbocycles. The molecule has 0 unspecified atom stereocenters. The van der Waals surface area contributed by atoms with Crippen LogP contribution in [0.15, 0.2) is 48.8 Å². The molecule has 2 heterocycles. The second kappa shape index (κ2) is 10.1. The van der Waals surface area contributed by atoms with Gasteiger partial charge in [0.25, 0.3) is 0 Å². The van der Waals surface area contributed by atoms with Crippen molar-refractivity contribution in [3.8, 4) is 23.1 Å². The first-order chi connectivity index (χ1) is 17.5. The van der Waals surface area contributed by atoms with Crippen molar-refractivity contribution in [3.63, 3.8) is 0 Å². The monoisotopic (exact) mass is 484 g/mol. The molecule has 184 valence electrons. The van der Waals surface area contributed by atoms with E-state index in [1.165, 1.54) is 19.2 Å². The van der Waals surface area contributed by atoms with Crippen LogP contribution in [0.3, 0.4) is 0 Å². The fraction of sp³-hybridized carbons (Fsp3) is 0.333. The van der Waals surface area contributed by atoms with Gasteiger partial charge in [0.1, 0.15) is 24.0 Å². The number of hydrogen-bond acceptors (Lipinski definition) is 6. The molecule has 0 aliphatic heterocycles. The Morgan fingerprint density at radius 3 is 2.72 bits per heavy atom. The van der Waals surface area contributed by atoms with Crippen LogP contribution in [-0.2, 0) is 17.7 Å². The van der Waals surface area contributed by atoms with Crippen LogP contribution in [0.5, 0.6) is 5.75 Å². The summed E-state index contributed by atoms with van der Waals surface area (Å²) in [6.07, 6.45) is 3.80. The molecule has 1 fully saturated rings. The molecular formula is C27H28N6O3. The fourth-order valence-corrected chi connectivity index (χ4v) is 4.27. The number of benzene rings is 2. The van der Waals surface area contributed by atoms with Crippen LogP contribution < -0.4 is 10.1 Å². The van der Waals surface area contributed by atoms with Crippen molar-refractivity contribution >= 4 is 22.7 Å². The second-order valence-electron chi connectivity index (χ2n) is 9.26. The smallest absolute Gasteiger partial charge is 0.411 e. The molecule has 2 aromatic heterocycles. The summed E-state index contributed by atoms with van der Waals surface area (Å²) in [6, 6.07) is 15.8. The molecule has 1 amide bonds. The highest BCUT2D eigenvalue weighted by Crippen LogP contribution is 2.39. The molecule has 1 saturated carbocycles. The normalized spacial score (nSPS) is 13.1. The van der Waals surface area contributed by atoms with E-state index in [1.807, 2.05) is 42.5 Å². The minimum atomic E-state index is -0.492. The van der Waals surface area contributed by atoms with E-state index < -0.39 is 6.09 Å². The molecule has 1 aliphatic carbocycles. The summed E-state index contributed by atoms with van der Waals surface area (Å²) in [6.45, 7) is 4.92. The van der Waals surface area contributed by atoms with E-state index in [0.29, 0.717) is 30.2 Å². The number of nitriles is 1. The molecule has 9 heteroatoms. The molecule has 4 aromatic rings. The third-order valence-corrected chi connectivity index (χ3v) is 6.11. The number of nitrogens with zero attached hydrogens (tertiary/aromatic N) is 4. The van der Waals surface area contributed by atoms with Gasteiger partial charge in [0.05, 0.1) is 29.5 Å². The van der Waals surface area contributed by atoms with Crippen molar-refractivity contribution in [2.75, 3.05) is 11.9 Å².